The Balaban J connectivity index is 0.00000162. The minimum atomic E-state index is 0. The van der Waals surface area contributed by atoms with Crippen LogP contribution in [0, 0.1) is 11.8 Å². The van der Waals surface area contributed by atoms with Gasteiger partial charge in [-0.25, -0.2) is 0 Å². The van der Waals surface area contributed by atoms with E-state index < -0.39 is 0 Å². The Hall–Kier alpha value is -0.280. The monoisotopic (exact) mass is 274 g/mol. The van der Waals surface area contributed by atoms with E-state index in [1.807, 2.05) is 0 Å². The van der Waals surface area contributed by atoms with Gasteiger partial charge in [0.15, 0.2) is 0 Å². The number of hydrogen-bond donors (Lipinski definition) is 2. The van der Waals surface area contributed by atoms with Gasteiger partial charge in [-0.15, -0.1) is 12.4 Å². The maximum absolute atomic E-state index is 12.0. The van der Waals surface area contributed by atoms with Crippen molar-refractivity contribution in [2.75, 3.05) is 13.1 Å². The van der Waals surface area contributed by atoms with Crippen LogP contribution in [0.3, 0.4) is 0 Å². The summed E-state index contributed by atoms with van der Waals surface area (Å²) in [6.45, 7) is 4.14. The molecule has 0 radical (unpaired) electrons. The van der Waals surface area contributed by atoms with Gasteiger partial charge in [0.2, 0.25) is 5.91 Å². The number of rotatable bonds is 4. The van der Waals surface area contributed by atoms with Gasteiger partial charge in [-0.1, -0.05) is 19.8 Å². The van der Waals surface area contributed by atoms with E-state index in [-0.39, 0.29) is 24.2 Å². The third-order valence-electron chi connectivity index (χ3n) is 4.32. The van der Waals surface area contributed by atoms with Crippen LogP contribution in [0.4, 0.5) is 0 Å². The molecule has 0 aromatic carbocycles. The number of amides is 1. The van der Waals surface area contributed by atoms with Crippen LogP contribution in [-0.4, -0.2) is 25.0 Å². The van der Waals surface area contributed by atoms with Crippen LogP contribution in [0.2, 0.25) is 0 Å². The van der Waals surface area contributed by atoms with Gasteiger partial charge in [0.1, 0.15) is 0 Å². The first kappa shape index (κ1) is 15.8. The van der Waals surface area contributed by atoms with Crippen molar-refractivity contribution in [2.24, 2.45) is 11.8 Å². The van der Waals surface area contributed by atoms with Crippen LogP contribution in [-0.2, 0) is 4.79 Å². The fourth-order valence-electron chi connectivity index (χ4n) is 3.20. The molecule has 0 aromatic heterocycles. The second kappa shape index (κ2) is 8.00. The molecule has 2 aliphatic rings. The molecule has 2 N–H and O–H groups in total. The van der Waals surface area contributed by atoms with Crippen LogP contribution in [0.25, 0.3) is 0 Å². The van der Waals surface area contributed by atoms with Crippen molar-refractivity contribution in [1.29, 1.82) is 0 Å². The highest BCUT2D eigenvalue weighted by Gasteiger charge is 2.26. The van der Waals surface area contributed by atoms with E-state index in [1.54, 1.807) is 0 Å². The maximum Gasteiger partial charge on any atom is 0.224 e. The lowest BCUT2D eigenvalue weighted by molar-refractivity contribution is -0.125. The third-order valence-corrected chi connectivity index (χ3v) is 4.32. The minimum absolute atomic E-state index is 0. The minimum Gasteiger partial charge on any atom is -0.353 e. The van der Waals surface area contributed by atoms with E-state index in [9.17, 15) is 4.79 Å². The summed E-state index contributed by atoms with van der Waals surface area (Å²) < 4.78 is 0. The molecule has 2 fully saturated rings. The Labute approximate surface area is 117 Å². The van der Waals surface area contributed by atoms with E-state index in [1.165, 1.54) is 38.5 Å². The standard InChI is InChI=1S/C14H26N2O.ClH/c1-2-3-11-4-6-13(7-5-11)16-14(17)12-8-9-15-10-12;/h11-13,15H,2-10H2,1H3,(H,16,17);1H. The topological polar surface area (TPSA) is 41.1 Å². The fraction of sp³-hybridized carbons (Fsp3) is 0.929. The normalized spacial score (nSPS) is 31.7. The Kier molecular flexibility index (Phi) is 7.02. The summed E-state index contributed by atoms with van der Waals surface area (Å²) in [5.41, 5.74) is 0. The zero-order valence-electron chi connectivity index (χ0n) is 11.4. The molecule has 1 saturated carbocycles. The largest absolute Gasteiger partial charge is 0.353 e. The first-order valence-corrected chi connectivity index (χ1v) is 7.30. The number of carbonyl (C=O) groups excluding carboxylic acids is 1. The van der Waals surface area contributed by atoms with Crippen molar-refractivity contribution in [3.05, 3.63) is 0 Å². The SMILES string of the molecule is CCCC1CCC(NC(=O)C2CCNC2)CC1.Cl. The predicted molar refractivity (Wildman–Crippen MR) is 77.0 cm³/mol. The highest BCUT2D eigenvalue weighted by atomic mass is 35.5. The summed E-state index contributed by atoms with van der Waals surface area (Å²) in [5.74, 6) is 1.43. The fourth-order valence-corrected chi connectivity index (χ4v) is 3.20. The van der Waals surface area contributed by atoms with E-state index in [4.69, 9.17) is 0 Å². The Morgan fingerprint density at radius 3 is 2.50 bits per heavy atom. The number of hydrogen-bond acceptors (Lipinski definition) is 2. The van der Waals surface area contributed by atoms with Gasteiger partial charge in [0.05, 0.1) is 5.92 Å². The van der Waals surface area contributed by atoms with Crippen molar-refractivity contribution in [3.8, 4) is 0 Å². The molecular formula is C14H27ClN2O. The number of halogens is 1. The zero-order chi connectivity index (χ0) is 12.1. The highest BCUT2D eigenvalue weighted by molar-refractivity contribution is 5.85. The first-order valence-electron chi connectivity index (χ1n) is 7.30. The average molecular weight is 275 g/mol. The lowest BCUT2D eigenvalue weighted by Crippen LogP contribution is -2.41. The van der Waals surface area contributed by atoms with E-state index in [0.717, 1.165) is 25.4 Å². The summed E-state index contributed by atoms with van der Waals surface area (Å²) in [6.07, 6.45) is 8.68. The molecule has 1 heterocycles. The Bertz CT molecular complexity index is 246. The van der Waals surface area contributed by atoms with Crippen molar-refractivity contribution >= 4 is 18.3 Å². The predicted octanol–water partition coefficient (Wildman–Crippen LogP) is 2.49. The number of nitrogens with one attached hydrogen (secondary N) is 2. The molecule has 0 spiro atoms. The van der Waals surface area contributed by atoms with Gasteiger partial charge in [-0.05, 0) is 44.6 Å². The third kappa shape index (κ3) is 4.43. The van der Waals surface area contributed by atoms with Crippen molar-refractivity contribution in [1.82, 2.24) is 10.6 Å². The first-order chi connectivity index (χ1) is 8.29. The maximum atomic E-state index is 12.0. The molecule has 2 rings (SSSR count). The lowest BCUT2D eigenvalue weighted by Gasteiger charge is -2.29. The lowest BCUT2D eigenvalue weighted by atomic mass is 9.83. The molecule has 1 aliphatic carbocycles. The summed E-state index contributed by atoms with van der Waals surface area (Å²) in [4.78, 5) is 12.0. The van der Waals surface area contributed by atoms with E-state index >= 15 is 0 Å². The van der Waals surface area contributed by atoms with Crippen LogP contribution in [0.1, 0.15) is 51.9 Å². The quantitative estimate of drug-likeness (QED) is 0.827. The highest BCUT2D eigenvalue weighted by Crippen LogP contribution is 2.27. The molecule has 4 heteroatoms. The second-order valence-corrected chi connectivity index (χ2v) is 5.70. The Morgan fingerprint density at radius 1 is 1.22 bits per heavy atom. The van der Waals surface area contributed by atoms with Crippen LogP contribution >= 0.6 is 12.4 Å². The zero-order valence-corrected chi connectivity index (χ0v) is 12.2. The molecule has 1 aliphatic heterocycles. The molecule has 106 valence electrons. The van der Waals surface area contributed by atoms with Crippen LogP contribution in [0.15, 0.2) is 0 Å². The van der Waals surface area contributed by atoms with Gasteiger partial charge < -0.3 is 10.6 Å². The smallest absolute Gasteiger partial charge is 0.224 e. The molecule has 1 saturated heterocycles. The summed E-state index contributed by atoms with van der Waals surface area (Å²) in [6, 6.07) is 0.455. The van der Waals surface area contributed by atoms with E-state index in [2.05, 4.69) is 17.6 Å². The molecule has 0 bridgehead atoms. The Morgan fingerprint density at radius 2 is 1.94 bits per heavy atom. The molecular weight excluding hydrogens is 248 g/mol. The molecule has 3 nitrogen and oxygen atoms in total. The van der Waals surface area contributed by atoms with Gasteiger partial charge in [0.25, 0.3) is 0 Å². The summed E-state index contributed by atoms with van der Waals surface area (Å²) >= 11 is 0. The van der Waals surface area contributed by atoms with Gasteiger partial charge in [-0.2, -0.15) is 0 Å². The van der Waals surface area contributed by atoms with Crippen LogP contribution in [0.5, 0.6) is 0 Å². The molecule has 1 amide bonds. The molecule has 1 unspecified atom stereocenters. The van der Waals surface area contributed by atoms with Crippen molar-refractivity contribution in [3.63, 3.8) is 0 Å². The summed E-state index contributed by atoms with van der Waals surface area (Å²) in [5, 5.41) is 6.50. The molecule has 18 heavy (non-hydrogen) atoms. The van der Waals surface area contributed by atoms with Crippen molar-refractivity contribution in [2.45, 2.75) is 57.9 Å². The molecule has 1 atom stereocenters. The van der Waals surface area contributed by atoms with Gasteiger partial charge >= 0.3 is 0 Å². The molecule has 0 aromatic rings. The van der Waals surface area contributed by atoms with E-state index in [0.29, 0.717) is 6.04 Å². The number of carbonyl (C=O) groups is 1. The average Bonchev–Trinajstić information content (AvgIpc) is 2.86. The van der Waals surface area contributed by atoms with Gasteiger partial charge in [0, 0.05) is 12.6 Å². The second-order valence-electron chi connectivity index (χ2n) is 5.70. The van der Waals surface area contributed by atoms with Gasteiger partial charge in [-0.3, -0.25) is 4.79 Å². The van der Waals surface area contributed by atoms with Crippen molar-refractivity contribution < 1.29 is 4.79 Å². The summed E-state index contributed by atoms with van der Waals surface area (Å²) in [7, 11) is 0. The van der Waals surface area contributed by atoms with Crippen LogP contribution < -0.4 is 10.6 Å².